The molecule has 2 amide bonds. The number of nitrogens with zero attached hydrogens (tertiary/aromatic N) is 1. The van der Waals surface area contributed by atoms with E-state index >= 15 is 0 Å². The van der Waals surface area contributed by atoms with Crippen LogP contribution in [0, 0.1) is 0 Å². The van der Waals surface area contributed by atoms with Crippen LogP contribution in [0.1, 0.15) is 31.8 Å². The Balaban J connectivity index is 1.52. The molecule has 0 spiro atoms. The second-order valence-electron chi connectivity index (χ2n) is 8.27. The Morgan fingerprint density at radius 2 is 1.44 bits per heavy atom. The van der Waals surface area contributed by atoms with Crippen molar-refractivity contribution >= 4 is 51.5 Å². The molecule has 8 heteroatoms. The summed E-state index contributed by atoms with van der Waals surface area (Å²) < 4.78 is 13.5. The van der Waals surface area contributed by atoms with Gasteiger partial charge in [0.1, 0.15) is 0 Å². The van der Waals surface area contributed by atoms with Crippen LogP contribution >= 0.6 is 23.2 Å². The molecule has 1 atom stereocenters. The van der Waals surface area contributed by atoms with Crippen molar-refractivity contribution in [3.8, 4) is 0 Å². The molecule has 1 aliphatic rings. The van der Waals surface area contributed by atoms with E-state index in [1.807, 2.05) is 24.3 Å². The number of benzene rings is 4. The normalized spacial score (nSPS) is 14.6. The number of rotatable bonds is 5. The quantitative estimate of drug-likeness (QED) is 0.329. The molecule has 4 aromatic carbocycles. The number of anilines is 1. The lowest BCUT2D eigenvalue weighted by Gasteiger charge is -2.23. The molecular weight excluding hydrogens is 515 g/mol. The predicted octanol–water partition coefficient (Wildman–Crippen LogP) is 6.25. The zero-order valence-corrected chi connectivity index (χ0v) is 21.2. The average Bonchev–Trinajstić information content (AvgIpc) is 2.98. The molecule has 1 N–H and O–H groups in total. The molecule has 0 radical (unpaired) electrons. The lowest BCUT2D eigenvalue weighted by Crippen LogP contribution is -2.31. The molecule has 0 saturated heterocycles. The Kier molecular flexibility index (Phi) is 6.92. The largest absolute Gasteiger partial charge is 0.348 e. The van der Waals surface area contributed by atoms with E-state index in [0.29, 0.717) is 43.2 Å². The lowest BCUT2D eigenvalue weighted by molar-refractivity contribution is 0.0947. The fourth-order valence-electron chi connectivity index (χ4n) is 4.02. The maximum Gasteiger partial charge on any atom is 0.259 e. The topological polar surface area (TPSA) is 66.5 Å². The summed E-state index contributed by atoms with van der Waals surface area (Å²) in [6.45, 7) is 0.544. The van der Waals surface area contributed by atoms with Gasteiger partial charge in [-0.25, -0.2) is 4.21 Å². The third-order valence-electron chi connectivity index (χ3n) is 5.89. The number of nitrogens with one attached hydrogen (secondary N) is 1. The lowest BCUT2D eigenvalue weighted by atomic mass is 10.1. The van der Waals surface area contributed by atoms with Crippen molar-refractivity contribution in [1.29, 1.82) is 0 Å². The van der Waals surface area contributed by atoms with Crippen molar-refractivity contribution in [3.05, 3.63) is 123 Å². The van der Waals surface area contributed by atoms with Crippen molar-refractivity contribution < 1.29 is 13.8 Å². The second-order valence-corrected chi connectivity index (χ2v) is 10.6. The molecule has 1 aliphatic heterocycles. The number of fused-ring (bicyclic) bond motifs is 2. The highest BCUT2D eigenvalue weighted by Gasteiger charge is 2.31. The van der Waals surface area contributed by atoms with Crippen LogP contribution in [-0.4, -0.2) is 16.0 Å². The van der Waals surface area contributed by atoms with Gasteiger partial charge in [0, 0.05) is 22.2 Å². The van der Waals surface area contributed by atoms with E-state index in [0.717, 1.165) is 11.1 Å². The van der Waals surface area contributed by atoms with Gasteiger partial charge in [0.05, 0.1) is 38.4 Å². The Morgan fingerprint density at radius 1 is 0.806 bits per heavy atom. The maximum atomic E-state index is 13.7. The number of halogens is 2. The van der Waals surface area contributed by atoms with E-state index in [1.54, 1.807) is 71.6 Å². The standard InChI is InChI=1S/C28H20Cl2N2O3S/c29-21-10-5-18(6-11-21)16-31-27(33)20-9-14-26-24(15-20)32(17-19-7-12-22(30)13-8-19)28(34)23-3-1-2-4-25(23)36(26)35/h1-15H,16-17H2,(H,31,33). The highest BCUT2D eigenvalue weighted by atomic mass is 35.5. The molecule has 0 aliphatic carbocycles. The van der Waals surface area contributed by atoms with Crippen LogP contribution in [0.3, 0.4) is 0 Å². The van der Waals surface area contributed by atoms with Crippen LogP contribution in [0.4, 0.5) is 5.69 Å². The fraction of sp³-hybridized carbons (Fsp3) is 0.0714. The molecule has 5 rings (SSSR count). The first kappa shape index (κ1) is 24.3. The molecule has 0 fully saturated rings. The molecule has 4 aromatic rings. The summed E-state index contributed by atoms with van der Waals surface area (Å²) in [7, 11) is -1.60. The number of hydrogen-bond acceptors (Lipinski definition) is 3. The fourth-order valence-corrected chi connectivity index (χ4v) is 5.62. The zero-order valence-electron chi connectivity index (χ0n) is 18.9. The van der Waals surface area contributed by atoms with Gasteiger partial charge in [0.15, 0.2) is 0 Å². The van der Waals surface area contributed by atoms with Gasteiger partial charge in [0.2, 0.25) is 0 Å². The summed E-state index contributed by atoms with van der Waals surface area (Å²) >= 11 is 12.0. The molecule has 180 valence electrons. The minimum atomic E-state index is -1.60. The molecule has 0 saturated carbocycles. The molecule has 1 unspecified atom stereocenters. The highest BCUT2D eigenvalue weighted by Crippen LogP contribution is 2.36. The van der Waals surface area contributed by atoms with Gasteiger partial charge in [0.25, 0.3) is 11.8 Å². The first-order valence-electron chi connectivity index (χ1n) is 11.1. The van der Waals surface area contributed by atoms with Crippen molar-refractivity contribution in [2.45, 2.75) is 22.9 Å². The first-order valence-corrected chi connectivity index (χ1v) is 13.0. The van der Waals surface area contributed by atoms with Crippen LogP contribution < -0.4 is 10.2 Å². The summed E-state index contributed by atoms with van der Waals surface area (Å²) in [5.74, 6) is -0.592. The minimum Gasteiger partial charge on any atom is -0.348 e. The van der Waals surface area contributed by atoms with Crippen LogP contribution in [0.2, 0.25) is 10.0 Å². The van der Waals surface area contributed by atoms with Gasteiger partial charge in [-0.15, -0.1) is 0 Å². The molecule has 1 heterocycles. The second kappa shape index (κ2) is 10.3. The van der Waals surface area contributed by atoms with Gasteiger partial charge in [-0.2, -0.15) is 0 Å². The number of carbonyl (C=O) groups is 2. The van der Waals surface area contributed by atoms with Crippen LogP contribution in [0.5, 0.6) is 0 Å². The number of hydrogen-bond donors (Lipinski definition) is 1. The van der Waals surface area contributed by atoms with Crippen LogP contribution in [-0.2, 0) is 23.9 Å². The van der Waals surface area contributed by atoms with Crippen LogP contribution in [0.25, 0.3) is 0 Å². The summed E-state index contributed by atoms with van der Waals surface area (Å²) in [4.78, 5) is 29.2. The number of amides is 2. The monoisotopic (exact) mass is 534 g/mol. The average molecular weight is 535 g/mol. The van der Waals surface area contributed by atoms with Gasteiger partial charge in [-0.3, -0.25) is 9.59 Å². The highest BCUT2D eigenvalue weighted by molar-refractivity contribution is 7.85. The van der Waals surface area contributed by atoms with Gasteiger partial charge < -0.3 is 10.2 Å². The zero-order chi connectivity index (χ0) is 25.2. The van der Waals surface area contributed by atoms with E-state index in [9.17, 15) is 13.8 Å². The first-order chi connectivity index (χ1) is 17.4. The smallest absolute Gasteiger partial charge is 0.259 e. The summed E-state index contributed by atoms with van der Waals surface area (Å²) in [5.41, 5.74) is 2.91. The Hall–Kier alpha value is -3.45. The molecule has 0 bridgehead atoms. The van der Waals surface area contributed by atoms with Crippen molar-refractivity contribution in [3.63, 3.8) is 0 Å². The third-order valence-corrected chi connectivity index (χ3v) is 7.90. The molecular formula is C28H20Cl2N2O3S. The summed E-state index contributed by atoms with van der Waals surface area (Å²) in [5, 5.41) is 4.10. The van der Waals surface area contributed by atoms with Gasteiger partial charge >= 0.3 is 0 Å². The minimum absolute atomic E-state index is 0.227. The van der Waals surface area contributed by atoms with Crippen molar-refractivity contribution in [2.24, 2.45) is 0 Å². The van der Waals surface area contributed by atoms with E-state index in [1.165, 1.54) is 0 Å². The Bertz CT molecular complexity index is 1490. The van der Waals surface area contributed by atoms with E-state index in [-0.39, 0.29) is 18.4 Å². The molecule has 36 heavy (non-hydrogen) atoms. The van der Waals surface area contributed by atoms with E-state index < -0.39 is 10.8 Å². The van der Waals surface area contributed by atoms with Crippen LogP contribution in [0.15, 0.2) is 101 Å². The SMILES string of the molecule is O=C(NCc1ccc(Cl)cc1)c1ccc2c(c1)N(Cc1ccc(Cl)cc1)C(=O)c1ccccc1S2=O. The van der Waals surface area contributed by atoms with Crippen molar-refractivity contribution in [1.82, 2.24) is 5.32 Å². The van der Waals surface area contributed by atoms with Gasteiger partial charge in [-0.1, -0.05) is 59.6 Å². The van der Waals surface area contributed by atoms with Crippen molar-refractivity contribution in [2.75, 3.05) is 4.90 Å². The Labute approximate surface area is 221 Å². The molecule has 5 nitrogen and oxygen atoms in total. The third kappa shape index (κ3) is 4.93. The summed E-state index contributed by atoms with van der Waals surface area (Å²) in [6, 6.07) is 26.2. The van der Waals surface area contributed by atoms with E-state index in [4.69, 9.17) is 23.2 Å². The van der Waals surface area contributed by atoms with E-state index in [2.05, 4.69) is 5.32 Å². The Morgan fingerprint density at radius 3 is 2.14 bits per heavy atom. The number of carbonyl (C=O) groups excluding carboxylic acids is 2. The predicted molar refractivity (Wildman–Crippen MR) is 142 cm³/mol. The molecule has 0 aromatic heterocycles. The summed E-state index contributed by atoms with van der Waals surface area (Å²) in [6.07, 6.45) is 0. The maximum absolute atomic E-state index is 13.7. The van der Waals surface area contributed by atoms with Gasteiger partial charge in [-0.05, 0) is 65.7 Å².